The number of rotatable bonds is 17. The second-order valence-corrected chi connectivity index (χ2v) is 22.8. The second kappa shape index (κ2) is 27.0. The third kappa shape index (κ3) is 17.3. The lowest BCUT2D eigenvalue weighted by Gasteiger charge is -2.39. The van der Waals surface area contributed by atoms with Gasteiger partial charge in [0.2, 0.25) is 11.8 Å². The van der Waals surface area contributed by atoms with Crippen molar-refractivity contribution in [2.75, 3.05) is 46.3 Å². The molecule has 15 nitrogen and oxygen atoms in total. The van der Waals surface area contributed by atoms with E-state index in [1.165, 1.54) is 4.90 Å². The van der Waals surface area contributed by atoms with E-state index in [1.54, 1.807) is 73.0 Å². The molecule has 0 fully saturated rings. The number of likely N-dealkylation sites (N-methyl/N-ethyl adjacent to an activating group) is 1. The zero-order chi connectivity index (χ0) is 56.1. The molecule has 0 saturated heterocycles. The number of carbonyl (C=O) groups excluding carboxylic acids is 5. The van der Waals surface area contributed by atoms with E-state index >= 15 is 0 Å². The van der Waals surface area contributed by atoms with Gasteiger partial charge in [0.05, 0.1) is 5.56 Å². The predicted molar refractivity (Wildman–Crippen MR) is 298 cm³/mol. The van der Waals surface area contributed by atoms with E-state index < -0.39 is 41.4 Å². The first kappa shape index (κ1) is 60.4. The standard InChI is InChI=1S/C31H45N3O4.C30H41N3O5/c1-22(2)33(23(3)4)19-18-32(8)29(35)28-27-15-14-26(37-21-24-12-10-9-11-13-24)20-25(27)16-17-34(28)30(36)38-31(5,6)7;1-20(2)32(21(3)4)18-16-31-27(34)26-25-14-13-24(37-28(35)22-11-9-8-10-12-22)19-23(25)15-17-33(26)29(36)38-30(5,6)7/h9-15,20,22-23,28H,16-19,21H2,1-8H3;8-14,19-21,26H,15-18H2,1-7H3,(H,31,34). The molecule has 76 heavy (non-hydrogen) atoms. The van der Waals surface area contributed by atoms with Gasteiger partial charge in [-0.2, -0.15) is 0 Å². The number of ether oxygens (including phenoxy) is 4. The zero-order valence-electron chi connectivity index (χ0n) is 48.0. The minimum Gasteiger partial charge on any atom is -0.489 e. The van der Waals surface area contributed by atoms with Gasteiger partial charge < -0.3 is 29.2 Å². The maximum atomic E-state index is 13.9. The number of nitrogens with one attached hydrogen (secondary N) is 1. The molecule has 2 heterocycles. The smallest absolute Gasteiger partial charge is 0.411 e. The van der Waals surface area contributed by atoms with Gasteiger partial charge in [0.1, 0.15) is 41.4 Å². The van der Waals surface area contributed by atoms with Crippen LogP contribution in [0.5, 0.6) is 11.5 Å². The average Bonchev–Trinajstić information content (AvgIpc) is 3.35. The Morgan fingerprint density at radius 3 is 1.57 bits per heavy atom. The fourth-order valence-corrected chi connectivity index (χ4v) is 9.64. The van der Waals surface area contributed by atoms with E-state index in [9.17, 15) is 24.0 Å². The molecule has 15 heteroatoms. The molecule has 0 saturated carbocycles. The number of nitrogens with zero attached hydrogens (tertiary/aromatic N) is 5. The van der Waals surface area contributed by atoms with Crippen LogP contribution in [0.1, 0.15) is 147 Å². The molecular formula is C61H86N6O9. The normalized spacial score (nSPS) is 15.5. The Labute approximate surface area is 453 Å². The lowest BCUT2D eigenvalue weighted by atomic mass is 9.91. The molecule has 0 aromatic heterocycles. The first-order valence-electron chi connectivity index (χ1n) is 27.0. The molecule has 4 aromatic carbocycles. The van der Waals surface area contributed by atoms with E-state index in [0.717, 1.165) is 34.5 Å². The van der Waals surface area contributed by atoms with Crippen molar-refractivity contribution in [1.29, 1.82) is 0 Å². The van der Waals surface area contributed by atoms with E-state index in [4.69, 9.17) is 18.9 Å². The summed E-state index contributed by atoms with van der Waals surface area (Å²) in [6.45, 7) is 31.8. The molecule has 0 spiro atoms. The number of amides is 4. The van der Waals surface area contributed by atoms with Gasteiger partial charge in [-0.25, -0.2) is 14.4 Å². The number of hydrogen-bond acceptors (Lipinski definition) is 11. The Hall–Kier alpha value is -6.45. The fourth-order valence-electron chi connectivity index (χ4n) is 9.64. The monoisotopic (exact) mass is 1050 g/mol. The van der Waals surface area contributed by atoms with Crippen molar-refractivity contribution < 1.29 is 42.9 Å². The van der Waals surface area contributed by atoms with Gasteiger partial charge in [0.25, 0.3) is 0 Å². The average molecular weight is 1050 g/mol. The van der Waals surface area contributed by atoms with Gasteiger partial charge in [0, 0.05) is 70.5 Å². The van der Waals surface area contributed by atoms with Crippen LogP contribution >= 0.6 is 0 Å². The summed E-state index contributed by atoms with van der Waals surface area (Å²) in [5.41, 5.74) is 3.61. The van der Waals surface area contributed by atoms with E-state index in [-0.39, 0.29) is 11.8 Å². The molecule has 0 aliphatic carbocycles. The molecule has 1 N–H and O–H groups in total. The Balaban J connectivity index is 0.000000281. The van der Waals surface area contributed by atoms with Crippen molar-refractivity contribution in [2.45, 2.75) is 164 Å². The Morgan fingerprint density at radius 1 is 0.592 bits per heavy atom. The summed E-state index contributed by atoms with van der Waals surface area (Å²) in [5.74, 6) is 0.320. The van der Waals surface area contributed by atoms with Gasteiger partial charge in [-0.3, -0.25) is 29.2 Å². The number of esters is 1. The van der Waals surface area contributed by atoms with Crippen LogP contribution in [0.15, 0.2) is 97.1 Å². The van der Waals surface area contributed by atoms with Crippen molar-refractivity contribution in [3.8, 4) is 11.5 Å². The fraction of sp³-hybridized carbons (Fsp3) is 0.525. The lowest BCUT2D eigenvalue weighted by molar-refractivity contribution is -0.136. The SMILES string of the molecule is CC(C)N(CCN(C)C(=O)C1c2ccc(OCc3ccccc3)cc2CCN1C(=O)OC(C)(C)C)C(C)C.CC(C)N(CCNC(=O)C1c2ccc(OC(=O)c3ccccc3)cc2CCN1C(=O)OC(C)(C)C)C(C)C. The molecule has 4 aromatic rings. The second-order valence-electron chi connectivity index (χ2n) is 22.8. The molecule has 0 radical (unpaired) electrons. The molecule has 414 valence electrons. The van der Waals surface area contributed by atoms with Crippen LogP contribution in [0.3, 0.4) is 0 Å². The summed E-state index contributed by atoms with van der Waals surface area (Å²) < 4.78 is 23.0. The highest BCUT2D eigenvalue weighted by atomic mass is 16.6. The van der Waals surface area contributed by atoms with E-state index in [0.29, 0.717) is 93.2 Å². The van der Waals surface area contributed by atoms with Crippen LogP contribution < -0.4 is 14.8 Å². The summed E-state index contributed by atoms with van der Waals surface area (Å²) in [4.78, 5) is 75.8. The Morgan fingerprint density at radius 2 is 1.05 bits per heavy atom. The highest BCUT2D eigenvalue weighted by Crippen LogP contribution is 2.36. The summed E-state index contributed by atoms with van der Waals surface area (Å²) >= 11 is 0. The molecule has 0 bridgehead atoms. The van der Waals surface area contributed by atoms with Crippen molar-refractivity contribution in [2.24, 2.45) is 0 Å². The summed E-state index contributed by atoms with van der Waals surface area (Å²) in [6, 6.07) is 29.7. The van der Waals surface area contributed by atoms with Crippen LogP contribution in [-0.2, 0) is 38.5 Å². The first-order valence-corrected chi connectivity index (χ1v) is 27.0. The van der Waals surface area contributed by atoms with Crippen molar-refractivity contribution in [3.05, 3.63) is 130 Å². The van der Waals surface area contributed by atoms with Crippen LogP contribution in [-0.4, -0.2) is 136 Å². The summed E-state index contributed by atoms with van der Waals surface area (Å²) in [7, 11) is 1.82. The molecule has 4 amide bonds. The first-order chi connectivity index (χ1) is 35.7. The predicted octanol–water partition coefficient (Wildman–Crippen LogP) is 10.7. The highest BCUT2D eigenvalue weighted by Gasteiger charge is 2.41. The van der Waals surface area contributed by atoms with Gasteiger partial charge >= 0.3 is 18.2 Å². The largest absolute Gasteiger partial charge is 0.489 e. The van der Waals surface area contributed by atoms with Gasteiger partial charge in [-0.1, -0.05) is 60.7 Å². The van der Waals surface area contributed by atoms with Crippen molar-refractivity contribution >= 4 is 30.0 Å². The minimum atomic E-state index is -0.848. The van der Waals surface area contributed by atoms with E-state index in [2.05, 4.69) is 70.5 Å². The minimum absolute atomic E-state index is 0.109. The van der Waals surface area contributed by atoms with Gasteiger partial charge in [-0.15, -0.1) is 0 Å². The zero-order valence-corrected chi connectivity index (χ0v) is 48.0. The quantitative estimate of drug-likeness (QED) is 0.0795. The molecule has 2 aliphatic rings. The topological polar surface area (TPSA) is 150 Å². The van der Waals surface area contributed by atoms with Gasteiger partial charge in [-0.05, 0) is 174 Å². The van der Waals surface area contributed by atoms with Crippen molar-refractivity contribution in [1.82, 2.24) is 29.8 Å². The lowest BCUT2D eigenvalue weighted by Crippen LogP contribution is -2.50. The maximum Gasteiger partial charge on any atom is 0.411 e. The maximum absolute atomic E-state index is 13.9. The molecular weight excluding hydrogens is 961 g/mol. The highest BCUT2D eigenvalue weighted by molar-refractivity contribution is 5.91. The third-order valence-corrected chi connectivity index (χ3v) is 13.3. The third-order valence-electron chi connectivity index (χ3n) is 13.3. The van der Waals surface area contributed by atoms with Crippen LogP contribution in [0.4, 0.5) is 9.59 Å². The van der Waals surface area contributed by atoms with Gasteiger partial charge in [0.15, 0.2) is 0 Å². The van der Waals surface area contributed by atoms with Crippen LogP contribution in [0.25, 0.3) is 0 Å². The summed E-state index contributed by atoms with van der Waals surface area (Å²) in [5, 5.41) is 3.03. The number of hydrogen-bond donors (Lipinski definition) is 1. The number of benzene rings is 4. The molecule has 6 rings (SSSR count). The number of carbonyl (C=O) groups is 5. The van der Waals surface area contributed by atoms with Crippen LogP contribution in [0.2, 0.25) is 0 Å². The molecule has 2 aliphatic heterocycles. The molecule has 2 unspecified atom stereocenters. The Bertz CT molecular complexity index is 2540. The van der Waals surface area contributed by atoms with Crippen molar-refractivity contribution in [3.63, 3.8) is 0 Å². The van der Waals surface area contributed by atoms with Crippen LogP contribution in [0, 0.1) is 0 Å². The Kier molecular flexibility index (Phi) is 21.5. The molecule has 2 atom stereocenters. The number of fused-ring (bicyclic) bond motifs is 2. The van der Waals surface area contributed by atoms with E-state index in [1.807, 2.05) is 82.4 Å². The summed E-state index contributed by atoms with van der Waals surface area (Å²) in [6.07, 6.45) is 0.127.